The second-order valence-electron chi connectivity index (χ2n) is 4.81. The third-order valence-electron chi connectivity index (χ3n) is 3.46. The molecular weight excluding hydrogens is 279 g/mol. The lowest BCUT2D eigenvalue weighted by molar-refractivity contribution is 0.380. The van der Waals surface area contributed by atoms with Crippen LogP contribution in [0.3, 0.4) is 0 Å². The normalized spacial score (nSPS) is 13.7. The Morgan fingerprint density at radius 3 is 2.55 bits per heavy atom. The van der Waals surface area contributed by atoms with Crippen molar-refractivity contribution in [3.8, 4) is 0 Å². The fraction of sp³-hybridized carbons (Fsp3) is 0.571. The molecule has 0 heterocycles. The molecule has 0 saturated heterocycles. The van der Waals surface area contributed by atoms with Crippen LogP contribution in [-0.2, 0) is 16.6 Å². The Kier molecular flexibility index (Phi) is 6.10. The van der Waals surface area contributed by atoms with E-state index in [2.05, 4.69) is 5.32 Å². The Morgan fingerprint density at radius 1 is 1.35 bits per heavy atom. The summed E-state index contributed by atoms with van der Waals surface area (Å²) in [6.07, 6.45) is 0.702. The van der Waals surface area contributed by atoms with Gasteiger partial charge in [-0.25, -0.2) is 12.8 Å². The molecule has 114 valence electrons. The zero-order valence-corrected chi connectivity index (χ0v) is 13.3. The maximum atomic E-state index is 13.4. The smallest absolute Gasteiger partial charge is 0.243 e. The molecule has 1 unspecified atom stereocenters. The molecule has 0 aliphatic rings. The van der Waals surface area contributed by atoms with Gasteiger partial charge < -0.3 is 5.32 Å². The van der Waals surface area contributed by atoms with Gasteiger partial charge >= 0.3 is 0 Å². The van der Waals surface area contributed by atoms with Gasteiger partial charge in [-0.05, 0) is 37.6 Å². The average Bonchev–Trinajstić information content (AvgIpc) is 2.44. The van der Waals surface area contributed by atoms with E-state index < -0.39 is 15.8 Å². The minimum atomic E-state index is -3.68. The maximum Gasteiger partial charge on any atom is 0.243 e. The number of hydrogen-bond acceptors (Lipinski definition) is 3. The zero-order chi connectivity index (χ0) is 15.3. The Balaban J connectivity index is 3.25. The molecule has 0 fully saturated rings. The van der Waals surface area contributed by atoms with Crippen LogP contribution >= 0.6 is 0 Å². The number of benzene rings is 1. The molecule has 4 nitrogen and oxygen atoms in total. The van der Waals surface area contributed by atoms with Crippen molar-refractivity contribution in [3.63, 3.8) is 0 Å². The summed E-state index contributed by atoms with van der Waals surface area (Å²) in [5.41, 5.74) is 0.586. The number of nitrogens with one attached hydrogen (secondary N) is 1. The van der Waals surface area contributed by atoms with E-state index in [1.165, 1.54) is 23.5 Å². The molecule has 0 aliphatic heterocycles. The van der Waals surface area contributed by atoms with Crippen LogP contribution < -0.4 is 5.32 Å². The topological polar surface area (TPSA) is 49.4 Å². The fourth-order valence-corrected chi connectivity index (χ4v) is 3.49. The molecule has 1 aromatic rings. The first-order valence-corrected chi connectivity index (χ1v) is 8.25. The summed E-state index contributed by atoms with van der Waals surface area (Å²) in [4.78, 5) is 0.0428. The first-order valence-electron chi connectivity index (χ1n) is 6.81. The largest absolute Gasteiger partial charge is 0.313 e. The minimum Gasteiger partial charge on any atom is -0.313 e. The summed E-state index contributed by atoms with van der Waals surface area (Å²) in [6.45, 7) is 6.81. The number of nitrogens with zero attached hydrogens (tertiary/aromatic N) is 1. The number of halogens is 1. The van der Waals surface area contributed by atoms with Crippen LogP contribution in [0.25, 0.3) is 0 Å². The lowest BCUT2D eigenvalue weighted by Crippen LogP contribution is -2.35. The molecule has 0 aromatic heterocycles. The second-order valence-corrected chi connectivity index (χ2v) is 6.78. The number of sulfonamides is 1. The monoisotopic (exact) mass is 302 g/mol. The number of hydrogen-bond donors (Lipinski definition) is 1. The van der Waals surface area contributed by atoms with Crippen LogP contribution in [0.1, 0.15) is 32.8 Å². The number of rotatable bonds is 7. The molecule has 0 radical (unpaired) electrons. The molecule has 6 heteroatoms. The Labute approximate surface area is 121 Å². The predicted molar refractivity (Wildman–Crippen MR) is 78.5 cm³/mol. The first-order chi connectivity index (χ1) is 9.34. The van der Waals surface area contributed by atoms with E-state index >= 15 is 0 Å². The third-order valence-corrected chi connectivity index (χ3v) is 5.52. The van der Waals surface area contributed by atoms with Crippen LogP contribution in [0, 0.1) is 5.82 Å². The molecule has 0 amide bonds. The van der Waals surface area contributed by atoms with Crippen molar-refractivity contribution in [2.24, 2.45) is 0 Å². The van der Waals surface area contributed by atoms with Crippen molar-refractivity contribution in [1.29, 1.82) is 0 Å². The summed E-state index contributed by atoms with van der Waals surface area (Å²) < 4.78 is 39.9. The van der Waals surface area contributed by atoms with Crippen LogP contribution in [-0.4, -0.2) is 32.4 Å². The van der Waals surface area contributed by atoms with Gasteiger partial charge in [0.25, 0.3) is 0 Å². The molecule has 1 N–H and O–H groups in total. The van der Waals surface area contributed by atoms with Crippen molar-refractivity contribution in [3.05, 3.63) is 29.6 Å². The van der Waals surface area contributed by atoms with Crippen LogP contribution in [0.2, 0.25) is 0 Å². The van der Waals surface area contributed by atoms with Gasteiger partial charge in [0.2, 0.25) is 10.0 Å². The lowest BCUT2D eigenvalue weighted by atomic mass is 10.2. The lowest BCUT2D eigenvalue weighted by Gasteiger charge is -2.24. The van der Waals surface area contributed by atoms with Gasteiger partial charge in [0, 0.05) is 19.6 Å². The van der Waals surface area contributed by atoms with E-state index in [1.807, 2.05) is 20.8 Å². The summed E-state index contributed by atoms with van der Waals surface area (Å²) in [7, 11) is -2.15. The molecule has 20 heavy (non-hydrogen) atoms. The molecule has 0 saturated carbocycles. The van der Waals surface area contributed by atoms with Gasteiger partial charge in [-0.2, -0.15) is 4.31 Å². The highest BCUT2D eigenvalue weighted by Gasteiger charge is 2.27. The fourth-order valence-electron chi connectivity index (χ4n) is 1.82. The van der Waals surface area contributed by atoms with E-state index in [-0.39, 0.29) is 10.9 Å². The highest BCUT2D eigenvalue weighted by Crippen LogP contribution is 2.23. The second kappa shape index (κ2) is 7.15. The van der Waals surface area contributed by atoms with Crippen LogP contribution in [0.4, 0.5) is 4.39 Å². The highest BCUT2D eigenvalue weighted by molar-refractivity contribution is 7.89. The van der Waals surface area contributed by atoms with Crippen molar-refractivity contribution in [2.75, 3.05) is 13.6 Å². The van der Waals surface area contributed by atoms with E-state index in [0.717, 1.165) is 12.6 Å². The van der Waals surface area contributed by atoms with Gasteiger partial charge in [-0.1, -0.05) is 19.9 Å². The van der Waals surface area contributed by atoms with Gasteiger partial charge in [0.15, 0.2) is 0 Å². The van der Waals surface area contributed by atoms with Crippen LogP contribution in [0.5, 0.6) is 0 Å². The summed E-state index contributed by atoms with van der Waals surface area (Å²) in [5.74, 6) is -0.540. The molecule has 0 spiro atoms. The standard InChI is InChI=1S/C14H23FN2O2S/c1-5-11(3)17(4)20(18,19)14-9-13(15)8-7-12(14)10-16-6-2/h7-9,11,16H,5-6,10H2,1-4H3. The van der Waals surface area contributed by atoms with Crippen molar-refractivity contribution < 1.29 is 12.8 Å². The zero-order valence-electron chi connectivity index (χ0n) is 12.5. The van der Waals surface area contributed by atoms with Gasteiger partial charge in [0.1, 0.15) is 5.82 Å². The van der Waals surface area contributed by atoms with Crippen molar-refractivity contribution in [1.82, 2.24) is 9.62 Å². The quantitative estimate of drug-likeness (QED) is 0.841. The molecule has 1 aromatic carbocycles. The van der Waals surface area contributed by atoms with Gasteiger partial charge in [-0.15, -0.1) is 0 Å². The molecule has 0 aliphatic carbocycles. The van der Waals surface area contributed by atoms with Crippen molar-refractivity contribution >= 4 is 10.0 Å². The first kappa shape index (κ1) is 17.1. The summed E-state index contributed by atoms with van der Waals surface area (Å²) in [6, 6.07) is 3.78. The Hall–Kier alpha value is -0.980. The van der Waals surface area contributed by atoms with Crippen molar-refractivity contribution in [2.45, 2.75) is 44.7 Å². The van der Waals surface area contributed by atoms with E-state index in [1.54, 1.807) is 0 Å². The SMILES string of the molecule is CCNCc1ccc(F)cc1S(=O)(=O)N(C)C(C)CC. The van der Waals surface area contributed by atoms with Crippen LogP contribution in [0.15, 0.2) is 23.1 Å². The Bertz CT molecular complexity index is 546. The van der Waals surface area contributed by atoms with Gasteiger partial charge in [-0.3, -0.25) is 0 Å². The molecule has 0 bridgehead atoms. The molecule has 1 rings (SSSR count). The summed E-state index contributed by atoms with van der Waals surface area (Å²) >= 11 is 0. The molecular formula is C14H23FN2O2S. The maximum absolute atomic E-state index is 13.4. The Morgan fingerprint density at radius 2 is 2.00 bits per heavy atom. The predicted octanol–water partition coefficient (Wildman–Crippen LogP) is 2.35. The van der Waals surface area contributed by atoms with E-state index in [9.17, 15) is 12.8 Å². The van der Waals surface area contributed by atoms with E-state index in [4.69, 9.17) is 0 Å². The average molecular weight is 302 g/mol. The summed E-state index contributed by atoms with van der Waals surface area (Å²) in [5, 5.41) is 3.07. The minimum absolute atomic E-state index is 0.0428. The van der Waals surface area contributed by atoms with E-state index in [0.29, 0.717) is 18.5 Å². The van der Waals surface area contributed by atoms with Gasteiger partial charge in [0.05, 0.1) is 4.90 Å². The molecule has 1 atom stereocenters. The highest BCUT2D eigenvalue weighted by atomic mass is 32.2. The third kappa shape index (κ3) is 3.77.